The van der Waals surface area contributed by atoms with Crippen LogP contribution in [0, 0.1) is 0 Å². The van der Waals surface area contributed by atoms with Crippen LogP contribution in [0.1, 0.15) is 39.7 Å². The zero-order valence-electron chi connectivity index (χ0n) is 14.2. The third-order valence-corrected chi connectivity index (χ3v) is 3.25. The van der Waals surface area contributed by atoms with Gasteiger partial charge in [0.2, 0.25) is 0 Å². The number of anilines is 1. The number of hydrogen-bond donors (Lipinski definition) is 4. The minimum Gasteiger partial charge on any atom is -0.444 e. The van der Waals surface area contributed by atoms with Gasteiger partial charge in [0.1, 0.15) is 11.4 Å². The summed E-state index contributed by atoms with van der Waals surface area (Å²) in [5, 5.41) is 21.3. The Labute approximate surface area is 140 Å². The first kappa shape index (κ1) is 18.1. The fourth-order valence-corrected chi connectivity index (χ4v) is 2.04. The number of rotatable bonds is 6. The van der Waals surface area contributed by atoms with Crippen LogP contribution < -0.4 is 16.0 Å². The Hall–Kier alpha value is -2.29. The number of amides is 3. The van der Waals surface area contributed by atoms with Crippen LogP contribution >= 0.6 is 0 Å². The Bertz CT molecular complexity index is 577. The van der Waals surface area contributed by atoms with Crippen molar-refractivity contribution < 1.29 is 19.4 Å². The normalized spacial score (nSPS) is 15.5. The maximum Gasteiger partial charge on any atom is 0.408 e. The Morgan fingerprint density at radius 3 is 2.75 bits per heavy atom. The van der Waals surface area contributed by atoms with Gasteiger partial charge in [-0.15, -0.1) is 0 Å². The molecule has 9 heteroatoms. The van der Waals surface area contributed by atoms with Gasteiger partial charge in [0, 0.05) is 12.6 Å². The number of aromatic nitrogens is 2. The van der Waals surface area contributed by atoms with Crippen LogP contribution in [0.3, 0.4) is 0 Å². The van der Waals surface area contributed by atoms with E-state index in [1.807, 2.05) is 0 Å². The smallest absolute Gasteiger partial charge is 0.408 e. The van der Waals surface area contributed by atoms with E-state index in [0.717, 1.165) is 12.8 Å². The third kappa shape index (κ3) is 5.73. The molecule has 0 aromatic carbocycles. The van der Waals surface area contributed by atoms with E-state index in [2.05, 4.69) is 21.0 Å². The van der Waals surface area contributed by atoms with E-state index in [-0.39, 0.29) is 13.2 Å². The molecule has 1 saturated carbocycles. The Balaban J connectivity index is 1.76. The molecule has 9 nitrogen and oxygen atoms in total. The fourth-order valence-electron chi connectivity index (χ4n) is 2.04. The lowest BCUT2D eigenvalue weighted by Gasteiger charge is -2.23. The Morgan fingerprint density at radius 2 is 2.17 bits per heavy atom. The van der Waals surface area contributed by atoms with Crippen molar-refractivity contribution in [3.8, 4) is 0 Å². The number of alkyl carbamates (subject to hydrolysis) is 1. The highest BCUT2D eigenvalue weighted by Gasteiger charge is 2.26. The van der Waals surface area contributed by atoms with Gasteiger partial charge >= 0.3 is 12.1 Å². The molecule has 0 aliphatic heterocycles. The second kappa shape index (κ2) is 7.52. The standard InChI is InChI=1S/C15H25N5O4/c1-15(2,3)24-14(23)18-10(9-21)8-16-13(22)19-12-6-7-17-20(12)11-4-5-11/h6-7,10-11,21H,4-5,8-9H2,1-3H3,(H,18,23)(H2,16,19,22). The molecule has 2 rings (SSSR count). The van der Waals surface area contributed by atoms with Crippen molar-refractivity contribution in [2.75, 3.05) is 18.5 Å². The lowest BCUT2D eigenvalue weighted by Crippen LogP contribution is -2.48. The summed E-state index contributed by atoms with van der Waals surface area (Å²) in [4.78, 5) is 23.6. The largest absolute Gasteiger partial charge is 0.444 e. The van der Waals surface area contributed by atoms with E-state index in [0.29, 0.717) is 11.9 Å². The molecule has 24 heavy (non-hydrogen) atoms. The number of carbonyl (C=O) groups excluding carboxylic acids is 2. The van der Waals surface area contributed by atoms with Gasteiger partial charge in [0.05, 0.1) is 24.9 Å². The first-order valence-corrected chi connectivity index (χ1v) is 7.97. The van der Waals surface area contributed by atoms with Crippen LogP contribution in [-0.4, -0.2) is 51.8 Å². The summed E-state index contributed by atoms with van der Waals surface area (Å²) in [5.74, 6) is 0.621. The molecule has 3 amide bonds. The zero-order chi connectivity index (χ0) is 17.7. The predicted molar refractivity (Wildman–Crippen MR) is 87.8 cm³/mol. The summed E-state index contributed by atoms with van der Waals surface area (Å²) in [6.45, 7) is 4.98. The summed E-state index contributed by atoms with van der Waals surface area (Å²) in [6.07, 6.45) is 3.11. The van der Waals surface area contributed by atoms with E-state index in [4.69, 9.17) is 4.74 Å². The second-order valence-electron chi connectivity index (χ2n) is 6.75. The third-order valence-electron chi connectivity index (χ3n) is 3.25. The fraction of sp³-hybridized carbons (Fsp3) is 0.667. The highest BCUT2D eigenvalue weighted by atomic mass is 16.6. The van der Waals surface area contributed by atoms with Crippen molar-refractivity contribution in [2.45, 2.75) is 51.3 Å². The lowest BCUT2D eigenvalue weighted by atomic mass is 10.2. The van der Waals surface area contributed by atoms with Crippen molar-refractivity contribution in [1.82, 2.24) is 20.4 Å². The number of ether oxygens (including phenoxy) is 1. The first-order valence-electron chi connectivity index (χ1n) is 7.97. The van der Waals surface area contributed by atoms with Crippen molar-refractivity contribution in [1.29, 1.82) is 0 Å². The van der Waals surface area contributed by atoms with Crippen LogP contribution in [0.5, 0.6) is 0 Å². The molecule has 1 aliphatic carbocycles. The highest BCUT2D eigenvalue weighted by Crippen LogP contribution is 2.36. The molecule has 1 atom stereocenters. The van der Waals surface area contributed by atoms with Crippen LogP contribution in [0.4, 0.5) is 15.4 Å². The summed E-state index contributed by atoms with van der Waals surface area (Å²) >= 11 is 0. The van der Waals surface area contributed by atoms with Crippen LogP contribution in [0.15, 0.2) is 12.3 Å². The minimum absolute atomic E-state index is 0.0686. The number of aliphatic hydroxyl groups excluding tert-OH is 1. The van der Waals surface area contributed by atoms with Crippen molar-refractivity contribution >= 4 is 17.9 Å². The maximum absolute atomic E-state index is 12.0. The van der Waals surface area contributed by atoms with Crippen molar-refractivity contribution in [2.24, 2.45) is 0 Å². The summed E-state index contributed by atoms with van der Waals surface area (Å²) < 4.78 is 6.89. The zero-order valence-corrected chi connectivity index (χ0v) is 14.2. The van der Waals surface area contributed by atoms with Crippen molar-refractivity contribution in [3.63, 3.8) is 0 Å². The molecule has 0 saturated heterocycles. The number of carbonyl (C=O) groups is 2. The molecule has 0 bridgehead atoms. The Morgan fingerprint density at radius 1 is 1.46 bits per heavy atom. The first-order chi connectivity index (χ1) is 11.3. The Kier molecular flexibility index (Phi) is 5.66. The molecule has 1 aromatic heterocycles. The summed E-state index contributed by atoms with van der Waals surface area (Å²) in [5.41, 5.74) is -0.629. The van der Waals surface area contributed by atoms with E-state index in [1.165, 1.54) is 0 Å². The highest BCUT2D eigenvalue weighted by molar-refractivity contribution is 5.88. The van der Waals surface area contributed by atoms with Crippen LogP contribution in [0.2, 0.25) is 0 Å². The minimum atomic E-state index is -0.643. The monoisotopic (exact) mass is 339 g/mol. The van der Waals surface area contributed by atoms with Crippen LogP contribution in [-0.2, 0) is 4.74 Å². The van der Waals surface area contributed by atoms with Gasteiger partial charge in [-0.3, -0.25) is 5.32 Å². The molecule has 1 aliphatic rings. The second-order valence-corrected chi connectivity index (χ2v) is 6.75. The molecule has 1 heterocycles. The molecular weight excluding hydrogens is 314 g/mol. The number of hydrogen-bond acceptors (Lipinski definition) is 5. The maximum atomic E-state index is 12.0. The van der Waals surface area contributed by atoms with E-state index in [1.54, 1.807) is 37.7 Å². The van der Waals surface area contributed by atoms with Gasteiger partial charge < -0.3 is 20.5 Å². The van der Waals surface area contributed by atoms with Crippen LogP contribution in [0.25, 0.3) is 0 Å². The number of urea groups is 1. The van der Waals surface area contributed by atoms with Gasteiger partial charge in [-0.1, -0.05) is 0 Å². The molecule has 1 fully saturated rings. The molecule has 1 unspecified atom stereocenters. The number of nitrogens with zero attached hydrogens (tertiary/aromatic N) is 2. The van der Waals surface area contributed by atoms with Gasteiger partial charge in [-0.25, -0.2) is 14.3 Å². The van der Waals surface area contributed by atoms with Crippen molar-refractivity contribution in [3.05, 3.63) is 12.3 Å². The number of nitrogens with one attached hydrogen (secondary N) is 3. The SMILES string of the molecule is CC(C)(C)OC(=O)NC(CO)CNC(=O)Nc1ccnn1C1CC1. The topological polar surface area (TPSA) is 118 Å². The number of aliphatic hydroxyl groups is 1. The molecule has 0 radical (unpaired) electrons. The summed E-state index contributed by atoms with van der Waals surface area (Å²) in [7, 11) is 0. The molecule has 0 spiro atoms. The molecular formula is C15H25N5O4. The van der Waals surface area contributed by atoms with E-state index in [9.17, 15) is 14.7 Å². The average Bonchev–Trinajstić information content (AvgIpc) is 3.22. The van der Waals surface area contributed by atoms with Gasteiger partial charge in [0.25, 0.3) is 0 Å². The van der Waals surface area contributed by atoms with Gasteiger partial charge in [-0.05, 0) is 33.6 Å². The molecule has 4 N–H and O–H groups in total. The molecule has 134 valence electrons. The quantitative estimate of drug-likeness (QED) is 0.622. The van der Waals surface area contributed by atoms with Gasteiger partial charge in [0.15, 0.2) is 0 Å². The predicted octanol–water partition coefficient (Wildman–Crippen LogP) is 1.23. The molecule has 1 aromatic rings. The van der Waals surface area contributed by atoms with E-state index >= 15 is 0 Å². The van der Waals surface area contributed by atoms with E-state index < -0.39 is 23.8 Å². The summed E-state index contributed by atoms with van der Waals surface area (Å²) in [6, 6.07) is 1.01. The lowest BCUT2D eigenvalue weighted by molar-refractivity contribution is 0.0483. The average molecular weight is 339 g/mol. The van der Waals surface area contributed by atoms with Gasteiger partial charge in [-0.2, -0.15) is 5.10 Å².